The van der Waals surface area contributed by atoms with Crippen LogP contribution in [0.15, 0.2) is 76.9 Å². The molecule has 1 saturated heterocycles. The highest BCUT2D eigenvalue weighted by Gasteiger charge is 2.46. The van der Waals surface area contributed by atoms with Gasteiger partial charge in [0, 0.05) is 10.6 Å². The summed E-state index contributed by atoms with van der Waals surface area (Å²) in [6, 6.07) is 14.2. The highest BCUT2D eigenvalue weighted by molar-refractivity contribution is 6.46. The fourth-order valence-corrected chi connectivity index (χ4v) is 3.53. The Labute approximate surface area is 170 Å². The van der Waals surface area contributed by atoms with Crippen molar-refractivity contribution < 1.29 is 23.5 Å². The molecule has 2 aromatic carbocycles. The quantitative estimate of drug-likeness (QED) is 0.384. The highest BCUT2D eigenvalue weighted by Crippen LogP contribution is 2.40. The first-order valence-corrected chi connectivity index (χ1v) is 9.15. The SMILES string of the molecule is O=C1C(=O)N(Cc2ccco2)C(c2cccc(F)c2)/C1=C(/O)c1ccc(Cl)cc1. The molecule has 1 aliphatic heterocycles. The van der Waals surface area contributed by atoms with Crippen LogP contribution >= 0.6 is 11.6 Å². The van der Waals surface area contributed by atoms with Gasteiger partial charge in [-0.15, -0.1) is 0 Å². The summed E-state index contributed by atoms with van der Waals surface area (Å²) < 4.78 is 19.2. The lowest BCUT2D eigenvalue weighted by molar-refractivity contribution is -0.140. The lowest BCUT2D eigenvalue weighted by atomic mass is 9.95. The van der Waals surface area contributed by atoms with Crippen LogP contribution in [0.5, 0.6) is 0 Å². The third-order valence-electron chi connectivity index (χ3n) is 4.73. The maximum absolute atomic E-state index is 13.9. The molecule has 29 heavy (non-hydrogen) atoms. The van der Waals surface area contributed by atoms with Crippen LogP contribution in [0.3, 0.4) is 0 Å². The van der Waals surface area contributed by atoms with E-state index in [9.17, 15) is 19.1 Å². The van der Waals surface area contributed by atoms with E-state index in [1.807, 2.05) is 0 Å². The van der Waals surface area contributed by atoms with Crippen molar-refractivity contribution in [3.8, 4) is 0 Å². The van der Waals surface area contributed by atoms with Crippen molar-refractivity contribution in [3.05, 3.63) is 100 Å². The molecule has 2 heterocycles. The lowest BCUT2D eigenvalue weighted by Gasteiger charge is -2.24. The largest absolute Gasteiger partial charge is 0.507 e. The maximum Gasteiger partial charge on any atom is 0.296 e. The summed E-state index contributed by atoms with van der Waals surface area (Å²) in [5, 5.41) is 11.3. The molecule has 0 radical (unpaired) electrons. The van der Waals surface area contributed by atoms with E-state index in [2.05, 4.69) is 0 Å². The number of ketones is 1. The number of hydrogen-bond acceptors (Lipinski definition) is 4. The van der Waals surface area contributed by atoms with Gasteiger partial charge in [0.25, 0.3) is 11.7 Å². The zero-order chi connectivity index (χ0) is 20.5. The zero-order valence-electron chi connectivity index (χ0n) is 15.0. The molecule has 1 unspecified atom stereocenters. The second-order valence-electron chi connectivity index (χ2n) is 6.57. The van der Waals surface area contributed by atoms with Crippen LogP contribution < -0.4 is 0 Å². The van der Waals surface area contributed by atoms with Crippen LogP contribution in [-0.4, -0.2) is 21.7 Å². The molecule has 1 fully saturated rings. The Balaban J connectivity index is 1.87. The number of amides is 1. The molecule has 5 nitrogen and oxygen atoms in total. The monoisotopic (exact) mass is 411 g/mol. The Hall–Kier alpha value is -3.38. The van der Waals surface area contributed by atoms with E-state index in [1.54, 1.807) is 42.5 Å². The maximum atomic E-state index is 13.9. The molecule has 7 heteroatoms. The molecule has 146 valence electrons. The summed E-state index contributed by atoms with van der Waals surface area (Å²) in [5.41, 5.74) is 0.576. The average molecular weight is 412 g/mol. The van der Waals surface area contributed by atoms with Gasteiger partial charge in [-0.2, -0.15) is 0 Å². The first kappa shape index (κ1) is 19.0. The molecule has 1 N–H and O–H groups in total. The van der Waals surface area contributed by atoms with E-state index in [4.69, 9.17) is 16.0 Å². The Kier molecular flexibility index (Phi) is 4.94. The smallest absolute Gasteiger partial charge is 0.296 e. The average Bonchev–Trinajstić information content (AvgIpc) is 3.30. The predicted octanol–water partition coefficient (Wildman–Crippen LogP) is 4.69. The van der Waals surface area contributed by atoms with Gasteiger partial charge in [0.2, 0.25) is 0 Å². The van der Waals surface area contributed by atoms with Gasteiger partial charge < -0.3 is 14.4 Å². The second-order valence-corrected chi connectivity index (χ2v) is 7.00. The summed E-state index contributed by atoms with van der Waals surface area (Å²) in [6.45, 7) is -0.00382. The highest BCUT2D eigenvalue weighted by atomic mass is 35.5. The molecule has 1 amide bonds. The predicted molar refractivity (Wildman–Crippen MR) is 104 cm³/mol. The number of nitrogens with zero attached hydrogens (tertiary/aromatic N) is 1. The van der Waals surface area contributed by atoms with Crippen molar-refractivity contribution in [1.82, 2.24) is 4.90 Å². The minimum atomic E-state index is -0.966. The van der Waals surface area contributed by atoms with Gasteiger partial charge in [-0.05, 0) is 54.1 Å². The lowest BCUT2D eigenvalue weighted by Crippen LogP contribution is -2.29. The number of carbonyl (C=O) groups excluding carboxylic acids is 2. The summed E-state index contributed by atoms with van der Waals surface area (Å²) in [4.78, 5) is 26.9. The Morgan fingerprint density at radius 3 is 2.52 bits per heavy atom. The number of hydrogen-bond donors (Lipinski definition) is 1. The van der Waals surface area contributed by atoms with E-state index in [0.29, 0.717) is 21.9 Å². The standard InChI is InChI=1S/C22H15ClFNO4/c23-15-8-6-13(7-9-15)20(26)18-19(14-3-1-4-16(24)11-14)25(22(28)21(18)27)12-17-5-2-10-29-17/h1-11,19,26H,12H2/b20-18-. The van der Waals surface area contributed by atoms with Crippen LogP contribution in [0.25, 0.3) is 5.76 Å². The van der Waals surface area contributed by atoms with Gasteiger partial charge in [-0.3, -0.25) is 9.59 Å². The summed E-state index contributed by atoms with van der Waals surface area (Å²) in [5.74, 6) is -2.06. The molecule has 1 atom stereocenters. The summed E-state index contributed by atoms with van der Waals surface area (Å²) in [7, 11) is 0. The molecule has 4 rings (SSSR count). The van der Waals surface area contributed by atoms with Crippen LogP contribution in [0.4, 0.5) is 4.39 Å². The van der Waals surface area contributed by atoms with Gasteiger partial charge in [0.1, 0.15) is 17.3 Å². The van der Waals surface area contributed by atoms with Crippen molar-refractivity contribution >= 4 is 29.1 Å². The fourth-order valence-electron chi connectivity index (χ4n) is 3.40. The van der Waals surface area contributed by atoms with E-state index in [0.717, 1.165) is 0 Å². The van der Waals surface area contributed by atoms with Gasteiger partial charge in [0.15, 0.2) is 0 Å². The summed E-state index contributed by atoms with van der Waals surface area (Å²) in [6.07, 6.45) is 1.46. The molecule has 1 aromatic heterocycles. The molecule has 0 saturated carbocycles. The van der Waals surface area contributed by atoms with Gasteiger partial charge in [-0.25, -0.2) is 4.39 Å². The number of aliphatic hydroxyl groups excluding tert-OH is 1. The van der Waals surface area contributed by atoms with Gasteiger partial charge in [0.05, 0.1) is 24.4 Å². The number of Topliss-reactive ketones (excluding diaryl/α,β-unsaturated/α-hetero) is 1. The number of rotatable bonds is 4. The molecular formula is C22H15ClFNO4. The Morgan fingerprint density at radius 2 is 1.86 bits per heavy atom. The van der Waals surface area contributed by atoms with Crippen LogP contribution in [-0.2, 0) is 16.1 Å². The van der Waals surface area contributed by atoms with E-state index in [-0.39, 0.29) is 17.9 Å². The third kappa shape index (κ3) is 3.54. The van der Waals surface area contributed by atoms with E-state index < -0.39 is 23.5 Å². The van der Waals surface area contributed by atoms with Crippen LogP contribution in [0.2, 0.25) is 5.02 Å². The Bertz CT molecular complexity index is 1110. The number of aliphatic hydroxyl groups is 1. The minimum absolute atomic E-state index is 0.00382. The number of halogens is 2. The molecule has 3 aromatic rings. The number of likely N-dealkylation sites (tertiary alicyclic amines) is 1. The molecule has 1 aliphatic rings. The van der Waals surface area contributed by atoms with Crippen molar-refractivity contribution in [3.63, 3.8) is 0 Å². The second kappa shape index (κ2) is 7.56. The van der Waals surface area contributed by atoms with E-state index in [1.165, 1.54) is 29.4 Å². The minimum Gasteiger partial charge on any atom is -0.507 e. The Morgan fingerprint density at radius 1 is 1.10 bits per heavy atom. The van der Waals surface area contributed by atoms with Gasteiger partial charge >= 0.3 is 0 Å². The van der Waals surface area contributed by atoms with Crippen LogP contribution in [0.1, 0.15) is 22.9 Å². The molecule has 0 aliphatic carbocycles. The van der Waals surface area contributed by atoms with Gasteiger partial charge in [-0.1, -0.05) is 23.7 Å². The van der Waals surface area contributed by atoms with Crippen molar-refractivity contribution in [2.24, 2.45) is 0 Å². The fraction of sp³-hybridized carbons (Fsp3) is 0.0909. The zero-order valence-corrected chi connectivity index (χ0v) is 15.8. The van der Waals surface area contributed by atoms with E-state index >= 15 is 0 Å². The molecular weight excluding hydrogens is 397 g/mol. The first-order valence-electron chi connectivity index (χ1n) is 8.78. The molecule has 0 spiro atoms. The normalized spacial score (nSPS) is 18.4. The van der Waals surface area contributed by atoms with Crippen molar-refractivity contribution in [2.45, 2.75) is 12.6 Å². The number of benzene rings is 2. The number of furan rings is 1. The third-order valence-corrected chi connectivity index (χ3v) is 4.98. The number of carbonyl (C=O) groups is 2. The topological polar surface area (TPSA) is 70.8 Å². The van der Waals surface area contributed by atoms with Crippen LogP contribution in [0, 0.1) is 5.82 Å². The molecule has 0 bridgehead atoms. The van der Waals surface area contributed by atoms with Crippen molar-refractivity contribution in [2.75, 3.05) is 0 Å². The van der Waals surface area contributed by atoms with Crippen molar-refractivity contribution in [1.29, 1.82) is 0 Å². The first-order chi connectivity index (χ1) is 14.0. The summed E-state index contributed by atoms with van der Waals surface area (Å²) >= 11 is 5.89.